The van der Waals surface area contributed by atoms with Gasteiger partial charge in [0, 0.05) is 37.8 Å². The second-order valence-electron chi connectivity index (χ2n) is 7.44. The number of likely N-dealkylation sites (tertiary alicyclic amines) is 1. The minimum absolute atomic E-state index is 0.489. The molecule has 0 saturated carbocycles. The average molecular weight is 342 g/mol. The van der Waals surface area contributed by atoms with Crippen molar-refractivity contribution in [1.82, 2.24) is 9.88 Å². The Morgan fingerprint density at radius 3 is 2.67 bits per heavy atom. The summed E-state index contributed by atoms with van der Waals surface area (Å²) in [6.07, 6.45) is 5.87. The first-order valence-electron chi connectivity index (χ1n) is 9.20. The average Bonchev–Trinajstić information content (AvgIpc) is 3.17. The number of nitrogens with zero attached hydrogens (tertiary/aromatic N) is 3. The van der Waals surface area contributed by atoms with Crippen molar-refractivity contribution >= 4 is 16.5 Å². The van der Waals surface area contributed by atoms with E-state index in [0.29, 0.717) is 11.3 Å². The maximum atomic E-state index is 4.50. The molecule has 2 aliphatic rings. The monoisotopic (exact) mass is 341 g/mol. The molecule has 0 aliphatic carbocycles. The van der Waals surface area contributed by atoms with Gasteiger partial charge >= 0.3 is 0 Å². The molecule has 1 aromatic heterocycles. The van der Waals surface area contributed by atoms with Gasteiger partial charge in [-0.25, -0.2) is 4.98 Å². The molecule has 0 bridgehead atoms. The normalized spacial score (nSPS) is 24.4. The van der Waals surface area contributed by atoms with Crippen molar-refractivity contribution in [2.75, 3.05) is 37.6 Å². The third-order valence-electron chi connectivity index (χ3n) is 5.95. The highest BCUT2D eigenvalue weighted by molar-refractivity contribution is 7.13. The minimum atomic E-state index is 0.489. The Hall–Kier alpha value is -1.39. The third-order valence-corrected chi connectivity index (χ3v) is 6.78. The fraction of sp³-hybridized carbons (Fsp3) is 0.550. The summed E-state index contributed by atoms with van der Waals surface area (Å²) >= 11 is 1.77. The molecule has 3 nitrogen and oxygen atoms in total. The molecule has 1 atom stereocenters. The van der Waals surface area contributed by atoms with Crippen LogP contribution in [0.1, 0.15) is 37.7 Å². The first-order chi connectivity index (χ1) is 11.8. The Labute approximate surface area is 149 Å². The van der Waals surface area contributed by atoms with Gasteiger partial charge in [0.1, 0.15) is 0 Å². The molecule has 0 N–H and O–H groups in total. The third kappa shape index (κ3) is 3.22. The van der Waals surface area contributed by atoms with Gasteiger partial charge in [0.15, 0.2) is 5.13 Å². The van der Waals surface area contributed by atoms with Crippen LogP contribution in [-0.2, 0) is 0 Å². The van der Waals surface area contributed by atoms with Crippen LogP contribution in [0.5, 0.6) is 0 Å². The van der Waals surface area contributed by atoms with Crippen LogP contribution in [0.2, 0.25) is 0 Å². The lowest BCUT2D eigenvalue weighted by Crippen LogP contribution is -2.51. The number of benzene rings is 1. The molecular formula is C20H27N3S. The molecule has 0 amide bonds. The maximum Gasteiger partial charge on any atom is 0.185 e. The van der Waals surface area contributed by atoms with Crippen LogP contribution in [0.3, 0.4) is 0 Å². The number of aromatic nitrogens is 1. The lowest BCUT2D eigenvalue weighted by molar-refractivity contribution is 0.0544. The van der Waals surface area contributed by atoms with Gasteiger partial charge in [-0.1, -0.05) is 37.3 Å². The molecule has 4 heteroatoms. The van der Waals surface area contributed by atoms with E-state index in [9.17, 15) is 0 Å². The zero-order chi connectivity index (χ0) is 16.4. The first-order valence-corrected chi connectivity index (χ1v) is 10.1. The SMILES string of the molecule is CCN1CC(c2ccccc2)CC2(CCN(c3nccs3)CC2)C1. The predicted molar refractivity (Wildman–Crippen MR) is 102 cm³/mol. The van der Waals surface area contributed by atoms with Crippen molar-refractivity contribution in [1.29, 1.82) is 0 Å². The summed E-state index contributed by atoms with van der Waals surface area (Å²) in [4.78, 5) is 9.67. The molecule has 4 rings (SSSR count). The van der Waals surface area contributed by atoms with Gasteiger partial charge < -0.3 is 9.80 Å². The van der Waals surface area contributed by atoms with Crippen LogP contribution in [0.15, 0.2) is 41.9 Å². The van der Waals surface area contributed by atoms with Gasteiger partial charge in [-0.3, -0.25) is 0 Å². The Balaban J connectivity index is 1.50. The van der Waals surface area contributed by atoms with Crippen LogP contribution in [0.25, 0.3) is 0 Å². The number of hydrogen-bond acceptors (Lipinski definition) is 4. The smallest absolute Gasteiger partial charge is 0.185 e. The zero-order valence-electron chi connectivity index (χ0n) is 14.5. The molecule has 128 valence electrons. The van der Waals surface area contributed by atoms with E-state index >= 15 is 0 Å². The number of likely N-dealkylation sites (N-methyl/N-ethyl adjacent to an activating group) is 1. The van der Waals surface area contributed by atoms with Crippen LogP contribution < -0.4 is 4.90 Å². The second kappa shape index (κ2) is 6.85. The van der Waals surface area contributed by atoms with Crippen molar-refractivity contribution in [2.24, 2.45) is 5.41 Å². The Morgan fingerprint density at radius 2 is 2.00 bits per heavy atom. The highest BCUT2D eigenvalue weighted by atomic mass is 32.1. The topological polar surface area (TPSA) is 19.4 Å². The molecule has 1 aromatic carbocycles. The van der Waals surface area contributed by atoms with Gasteiger partial charge in [0.25, 0.3) is 0 Å². The number of hydrogen-bond donors (Lipinski definition) is 0. The lowest BCUT2D eigenvalue weighted by Gasteiger charge is -2.50. The molecule has 24 heavy (non-hydrogen) atoms. The minimum Gasteiger partial charge on any atom is -0.348 e. The predicted octanol–water partition coefficient (Wildman–Crippen LogP) is 4.24. The molecule has 2 aromatic rings. The van der Waals surface area contributed by atoms with Gasteiger partial charge in [-0.05, 0) is 42.7 Å². The quantitative estimate of drug-likeness (QED) is 0.832. The van der Waals surface area contributed by atoms with Crippen molar-refractivity contribution in [2.45, 2.75) is 32.1 Å². The van der Waals surface area contributed by atoms with Crippen LogP contribution in [0, 0.1) is 5.41 Å². The molecule has 3 heterocycles. The highest BCUT2D eigenvalue weighted by Crippen LogP contribution is 2.45. The summed E-state index contributed by atoms with van der Waals surface area (Å²) in [5.41, 5.74) is 2.01. The number of anilines is 1. The maximum absolute atomic E-state index is 4.50. The lowest BCUT2D eigenvalue weighted by atomic mass is 9.68. The molecule has 0 radical (unpaired) electrons. The van der Waals surface area contributed by atoms with Gasteiger partial charge in [0.2, 0.25) is 0 Å². The van der Waals surface area contributed by atoms with E-state index in [1.165, 1.54) is 49.6 Å². The van der Waals surface area contributed by atoms with Crippen LogP contribution in [-0.4, -0.2) is 42.6 Å². The molecule has 2 saturated heterocycles. The summed E-state index contributed by atoms with van der Waals surface area (Å²) in [6.45, 7) is 8.29. The first kappa shape index (κ1) is 16.1. The van der Waals surface area contributed by atoms with E-state index in [0.717, 1.165) is 13.1 Å². The number of rotatable bonds is 3. The van der Waals surface area contributed by atoms with Gasteiger partial charge in [-0.2, -0.15) is 0 Å². The van der Waals surface area contributed by atoms with Crippen molar-refractivity contribution in [3.63, 3.8) is 0 Å². The molecular weight excluding hydrogens is 314 g/mol. The molecule has 1 unspecified atom stereocenters. The number of thiazole rings is 1. The number of piperidine rings is 2. The van der Waals surface area contributed by atoms with Crippen LogP contribution >= 0.6 is 11.3 Å². The largest absolute Gasteiger partial charge is 0.348 e. The Bertz CT molecular complexity index is 632. The highest BCUT2D eigenvalue weighted by Gasteiger charge is 2.42. The molecule has 2 fully saturated rings. The summed E-state index contributed by atoms with van der Waals surface area (Å²) in [5.74, 6) is 0.686. The van der Waals surface area contributed by atoms with Crippen molar-refractivity contribution < 1.29 is 0 Å². The van der Waals surface area contributed by atoms with Gasteiger partial charge in [0.05, 0.1) is 0 Å². The Kier molecular flexibility index (Phi) is 4.59. The standard InChI is InChI=1S/C20H27N3S/c1-2-22-15-18(17-6-4-3-5-7-17)14-20(16-22)8-11-23(12-9-20)19-21-10-13-24-19/h3-7,10,13,18H,2,8-9,11-12,14-16H2,1H3. The van der Waals surface area contributed by atoms with Crippen LogP contribution in [0.4, 0.5) is 5.13 Å². The van der Waals surface area contributed by atoms with Gasteiger partial charge in [-0.15, -0.1) is 11.3 Å². The summed E-state index contributed by atoms with van der Waals surface area (Å²) in [5, 5.41) is 3.29. The fourth-order valence-corrected chi connectivity index (χ4v) is 5.30. The van der Waals surface area contributed by atoms with E-state index in [1.54, 1.807) is 11.3 Å². The summed E-state index contributed by atoms with van der Waals surface area (Å²) in [6, 6.07) is 11.2. The second-order valence-corrected chi connectivity index (χ2v) is 8.31. The Morgan fingerprint density at radius 1 is 1.21 bits per heavy atom. The summed E-state index contributed by atoms with van der Waals surface area (Å²) < 4.78 is 0. The van der Waals surface area contributed by atoms with Crippen molar-refractivity contribution in [3.05, 3.63) is 47.5 Å². The van der Waals surface area contributed by atoms with E-state index < -0.39 is 0 Å². The van der Waals surface area contributed by atoms with E-state index in [1.807, 2.05) is 6.20 Å². The molecule has 2 aliphatic heterocycles. The van der Waals surface area contributed by atoms with E-state index in [4.69, 9.17) is 0 Å². The van der Waals surface area contributed by atoms with Crippen molar-refractivity contribution in [3.8, 4) is 0 Å². The summed E-state index contributed by atoms with van der Waals surface area (Å²) in [7, 11) is 0. The fourth-order valence-electron chi connectivity index (χ4n) is 4.60. The zero-order valence-corrected chi connectivity index (χ0v) is 15.3. The van der Waals surface area contributed by atoms with E-state index in [2.05, 4.69) is 57.4 Å². The van der Waals surface area contributed by atoms with E-state index in [-0.39, 0.29) is 0 Å². The molecule has 1 spiro atoms.